The number of nitrogens with one attached hydrogen (secondary N) is 1. The smallest absolute Gasteiger partial charge is 0.226 e. The summed E-state index contributed by atoms with van der Waals surface area (Å²) in [6.45, 7) is 6.44. The molecule has 0 saturated heterocycles. The minimum absolute atomic E-state index is 0.688. The van der Waals surface area contributed by atoms with Crippen LogP contribution < -0.4 is 10.2 Å². The maximum Gasteiger partial charge on any atom is 0.226 e. The lowest BCUT2D eigenvalue weighted by Gasteiger charge is -2.24. The second-order valence-corrected chi connectivity index (χ2v) is 6.61. The molecule has 0 radical (unpaired) electrons. The van der Waals surface area contributed by atoms with Crippen LogP contribution in [0.2, 0.25) is 0 Å². The Morgan fingerprint density at radius 3 is 2.86 bits per heavy atom. The maximum atomic E-state index is 4.84. The normalized spacial score (nSPS) is 14.6. The van der Waals surface area contributed by atoms with Crippen molar-refractivity contribution in [1.29, 1.82) is 0 Å². The summed E-state index contributed by atoms with van der Waals surface area (Å²) in [5, 5.41) is 6.68. The van der Waals surface area contributed by atoms with Crippen molar-refractivity contribution in [2.45, 2.75) is 52.0 Å². The van der Waals surface area contributed by atoms with Crippen LogP contribution in [-0.4, -0.2) is 29.1 Å². The zero-order valence-electron chi connectivity index (χ0n) is 12.9. The zero-order valence-corrected chi connectivity index (χ0v) is 13.7. The van der Waals surface area contributed by atoms with Crippen molar-refractivity contribution in [1.82, 2.24) is 9.97 Å². The van der Waals surface area contributed by atoms with E-state index in [1.807, 2.05) is 0 Å². The van der Waals surface area contributed by atoms with Gasteiger partial charge in [-0.2, -0.15) is 4.98 Å². The molecule has 1 fully saturated rings. The van der Waals surface area contributed by atoms with Crippen LogP contribution in [0.3, 0.4) is 0 Å². The molecule has 1 saturated carbocycles. The molecule has 0 unspecified atom stereocenters. The topological polar surface area (TPSA) is 41.1 Å². The predicted octanol–water partition coefficient (Wildman–Crippen LogP) is 4.28. The minimum Gasteiger partial charge on any atom is -0.354 e. The Morgan fingerprint density at radius 2 is 2.14 bits per heavy atom. The van der Waals surface area contributed by atoms with E-state index < -0.39 is 0 Å². The van der Waals surface area contributed by atoms with E-state index >= 15 is 0 Å². The number of hydrogen-bond donors (Lipinski definition) is 1. The van der Waals surface area contributed by atoms with Crippen molar-refractivity contribution >= 4 is 33.3 Å². The van der Waals surface area contributed by atoms with Crippen molar-refractivity contribution in [3.8, 4) is 0 Å². The molecule has 0 amide bonds. The van der Waals surface area contributed by atoms with Crippen molar-refractivity contribution < 1.29 is 0 Å². The lowest BCUT2D eigenvalue weighted by Crippen LogP contribution is -2.28. The summed E-state index contributed by atoms with van der Waals surface area (Å²) in [5.41, 5.74) is 0. The SMILES string of the molecule is CCCCN(c1nc(NCCC)nc2sccc12)C1CC1. The molecule has 5 heteroatoms. The number of unbranched alkanes of at least 4 members (excludes halogenated alkanes) is 1. The molecule has 2 heterocycles. The summed E-state index contributed by atoms with van der Waals surface area (Å²) in [6, 6.07) is 2.86. The van der Waals surface area contributed by atoms with Crippen LogP contribution in [-0.2, 0) is 0 Å². The number of fused-ring (bicyclic) bond motifs is 1. The Labute approximate surface area is 130 Å². The van der Waals surface area contributed by atoms with Crippen LogP contribution in [0.15, 0.2) is 11.4 Å². The Morgan fingerprint density at radius 1 is 1.29 bits per heavy atom. The van der Waals surface area contributed by atoms with Gasteiger partial charge in [0.2, 0.25) is 5.95 Å². The quantitative estimate of drug-likeness (QED) is 0.790. The van der Waals surface area contributed by atoms with Gasteiger partial charge in [-0.3, -0.25) is 0 Å². The number of hydrogen-bond acceptors (Lipinski definition) is 5. The Kier molecular flexibility index (Phi) is 4.58. The van der Waals surface area contributed by atoms with Gasteiger partial charge in [-0.15, -0.1) is 11.3 Å². The molecule has 1 aliphatic carbocycles. The highest BCUT2D eigenvalue weighted by atomic mass is 32.1. The Balaban J connectivity index is 1.95. The molecular formula is C16H24N4S. The third kappa shape index (κ3) is 3.28. The van der Waals surface area contributed by atoms with Gasteiger partial charge in [0, 0.05) is 19.1 Å². The lowest BCUT2D eigenvalue weighted by atomic mass is 10.2. The Hall–Kier alpha value is -1.36. The predicted molar refractivity (Wildman–Crippen MR) is 91.5 cm³/mol. The molecule has 1 N–H and O–H groups in total. The molecule has 0 spiro atoms. The summed E-state index contributed by atoms with van der Waals surface area (Å²) in [7, 11) is 0. The summed E-state index contributed by atoms with van der Waals surface area (Å²) >= 11 is 1.70. The van der Waals surface area contributed by atoms with Gasteiger partial charge in [0.05, 0.1) is 5.39 Å². The van der Waals surface area contributed by atoms with Crippen LogP contribution in [0.4, 0.5) is 11.8 Å². The van der Waals surface area contributed by atoms with E-state index in [1.54, 1.807) is 11.3 Å². The van der Waals surface area contributed by atoms with E-state index in [1.165, 1.54) is 31.1 Å². The van der Waals surface area contributed by atoms with Gasteiger partial charge < -0.3 is 10.2 Å². The first kappa shape index (κ1) is 14.6. The van der Waals surface area contributed by atoms with Gasteiger partial charge in [0.15, 0.2) is 0 Å². The highest BCUT2D eigenvalue weighted by molar-refractivity contribution is 7.16. The Bertz CT molecular complexity index is 591. The van der Waals surface area contributed by atoms with Crippen LogP contribution in [0.5, 0.6) is 0 Å². The molecule has 2 aromatic rings. The monoisotopic (exact) mass is 304 g/mol. The van der Waals surface area contributed by atoms with Gasteiger partial charge in [0.25, 0.3) is 0 Å². The minimum atomic E-state index is 0.688. The van der Waals surface area contributed by atoms with E-state index in [9.17, 15) is 0 Å². The van der Waals surface area contributed by atoms with Crippen LogP contribution in [0.25, 0.3) is 10.2 Å². The molecule has 2 aromatic heterocycles. The first-order chi connectivity index (χ1) is 10.3. The standard InChI is InChI=1S/C16H24N4S/c1-3-5-10-20(12-6-7-12)14-13-8-11-21-15(13)19-16(18-14)17-9-4-2/h8,11-12H,3-7,9-10H2,1-2H3,(H,17,18,19). The zero-order chi connectivity index (χ0) is 14.7. The second-order valence-electron chi connectivity index (χ2n) is 5.72. The molecule has 114 valence electrons. The average molecular weight is 304 g/mol. The van der Waals surface area contributed by atoms with E-state index in [4.69, 9.17) is 4.98 Å². The summed E-state index contributed by atoms with van der Waals surface area (Å²) in [4.78, 5) is 13.1. The number of aromatic nitrogens is 2. The number of thiophene rings is 1. The molecule has 3 rings (SSSR count). The molecule has 0 aliphatic heterocycles. The highest BCUT2D eigenvalue weighted by Gasteiger charge is 2.31. The van der Waals surface area contributed by atoms with Gasteiger partial charge >= 0.3 is 0 Å². The van der Waals surface area contributed by atoms with Crippen molar-refractivity contribution in [2.24, 2.45) is 0 Å². The molecule has 0 atom stereocenters. The van der Waals surface area contributed by atoms with Crippen molar-refractivity contribution in [3.63, 3.8) is 0 Å². The fraction of sp³-hybridized carbons (Fsp3) is 0.625. The third-order valence-electron chi connectivity index (χ3n) is 3.85. The fourth-order valence-electron chi connectivity index (χ4n) is 2.55. The third-order valence-corrected chi connectivity index (χ3v) is 4.66. The number of rotatable bonds is 8. The summed E-state index contributed by atoms with van der Waals surface area (Å²) in [5.74, 6) is 1.92. The molecule has 1 aliphatic rings. The van der Waals surface area contributed by atoms with E-state index in [0.29, 0.717) is 6.04 Å². The van der Waals surface area contributed by atoms with Crippen molar-refractivity contribution in [3.05, 3.63) is 11.4 Å². The highest BCUT2D eigenvalue weighted by Crippen LogP contribution is 2.36. The van der Waals surface area contributed by atoms with Crippen LogP contribution in [0.1, 0.15) is 46.0 Å². The molecule has 0 aromatic carbocycles. The largest absolute Gasteiger partial charge is 0.354 e. The summed E-state index contributed by atoms with van der Waals surface area (Å²) < 4.78 is 0. The second kappa shape index (κ2) is 6.60. The van der Waals surface area contributed by atoms with Gasteiger partial charge in [-0.1, -0.05) is 20.3 Å². The summed E-state index contributed by atoms with van der Waals surface area (Å²) in [6.07, 6.45) is 6.14. The number of nitrogens with zero attached hydrogens (tertiary/aromatic N) is 3. The maximum absolute atomic E-state index is 4.84. The van der Waals surface area contributed by atoms with E-state index in [0.717, 1.165) is 36.1 Å². The molecule has 4 nitrogen and oxygen atoms in total. The first-order valence-electron chi connectivity index (χ1n) is 8.09. The fourth-order valence-corrected chi connectivity index (χ4v) is 3.31. The van der Waals surface area contributed by atoms with E-state index in [-0.39, 0.29) is 0 Å². The average Bonchev–Trinajstić information content (AvgIpc) is 3.22. The molecule has 0 bridgehead atoms. The van der Waals surface area contributed by atoms with Gasteiger partial charge in [-0.05, 0) is 37.1 Å². The van der Waals surface area contributed by atoms with Gasteiger partial charge in [-0.25, -0.2) is 4.98 Å². The van der Waals surface area contributed by atoms with E-state index in [2.05, 4.69) is 40.5 Å². The van der Waals surface area contributed by atoms with Gasteiger partial charge in [0.1, 0.15) is 10.6 Å². The van der Waals surface area contributed by atoms with Crippen LogP contribution >= 0.6 is 11.3 Å². The lowest BCUT2D eigenvalue weighted by molar-refractivity contribution is 0.706. The number of anilines is 2. The van der Waals surface area contributed by atoms with Crippen molar-refractivity contribution in [2.75, 3.05) is 23.3 Å². The first-order valence-corrected chi connectivity index (χ1v) is 8.97. The molecular weight excluding hydrogens is 280 g/mol. The van der Waals surface area contributed by atoms with Crippen LogP contribution in [0, 0.1) is 0 Å². The molecule has 21 heavy (non-hydrogen) atoms.